The maximum Gasteiger partial charge on any atom is 0.251 e. The van der Waals surface area contributed by atoms with E-state index in [0.29, 0.717) is 29.5 Å². The van der Waals surface area contributed by atoms with Crippen LogP contribution in [-0.4, -0.2) is 55.0 Å². The number of hydrogen-bond donors (Lipinski definition) is 1. The lowest BCUT2D eigenvalue weighted by Crippen LogP contribution is -2.37. The number of carbonyl (C=O) groups excluding carboxylic acids is 1. The van der Waals surface area contributed by atoms with E-state index in [1.54, 1.807) is 6.07 Å². The molecule has 232 valence electrons. The lowest BCUT2D eigenvalue weighted by molar-refractivity contribution is 0.0937. The summed E-state index contributed by atoms with van der Waals surface area (Å²) in [5.74, 6) is 0.553. The minimum Gasteiger partial charge on any atom is -0.350 e. The number of rotatable bonds is 11. The fraction of sp³-hybridized carbons (Fsp3) is 0.325. The highest BCUT2D eigenvalue weighted by Gasteiger charge is 2.26. The monoisotopic (exact) mass is 601 g/mol. The number of carbonyl (C=O) groups is 1. The number of likely N-dealkylation sites (tertiary alicyclic amines) is 2. The Morgan fingerprint density at radius 1 is 0.800 bits per heavy atom. The Balaban J connectivity index is 1.03. The molecule has 2 aliphatic heterocycles. The molecule has 0 aliphatic carbocycles. The summed E-state index contributed by atoms with van der Waals surface area (Å²) >= 11 is 0. The normalized spacial score (nSPS) is 17.2. The Morgan fingerprint density at radius 3 is 2.11 bits per heavy atom. The Bertz CT molecular complexity index is 1500. The number of benzene rings is 4. The van der Waals surface area contributed by atoms with Crippen LogP contribution in [0.2, 0.25) is 0 Å². The van der Waals surface area contributed by atoms with Gasteiger partial charge in [-0.3, -0.25) is 9.69 Å². The zero-order chi connectivity index (χ0) is 30.8. The summed E-state index contributed by atoms with van der Waals surface area (Å²) in [7, 11) is 0. The second kappa shape index (κ2) is 15.3. The zero-order valence-corrected chi connectivity index (χ0v) is 26.0. The van der Waals surface area contributed by atoms with Crippen molar-refractivity contribution >= 4 is 12.0 Å². The standard InChI is InChI=1S/C40H44FN3O/c41-38-19-8-7-18-36(38)39(44-24-9-10-25-44)29-42-40(45)35-17-11-12-32(28-35)21-20-31-22-26-43(27-23-31)30-37(33-13-3-1-4-14-33)34-15-5-2-6-16-34/h1-8,11-21,28,31,37,39H,9-10,22-27,29-30H2,(H,42,45)/b21-20+. The van der Waals surface area contributed by atoms with E-state index in [9.17, 15) is 9.18 Å². The molecule has 4 aromatic rings. The third kappa shape index (κ3) is 8.16. The van der Waals surface area contributed by atoms with E-state index in [0.717, 1.165) is 64.0 Å². The zero-order valence-electron chi connectivity index (χ0n) is 26.0. The third-order valence-corrected chi connectivity index (χ3v) is 9.49. The van der Waals surface area contributed by atoms with Crippen molar-refractivity contribution < 1.29 is 9.18 Å². The van der Waals surface area contributed by atoms with Gasteiger partial charge in [-0.1, -0.05) is 103 Å². The minimum absolute atomic E-state index is 0.120. The summed E-state index contributed by atoms with van der Waals surface area (Å²) in [6.45, 7) is 5.41. The summed E-state index contributed by atoms with van der Waals surface area (Å²) in [5.41, 5.74) is 5.05. The quantitative estimate of drug-likeness (QED) is 0.190. The van der Waals surface area contributed by atoms with Crippen LogP contribution in [0.5, 0.6) is 0 Å². The molecule has 2 fully saturated rings. The highest BCUT2D eigenvalue weighted by molar-refractivity contribution is 5.94. The maximum absolute atomic E-state index is 14.7. The highest BCUT2D eigenvalue weighted by atomic mass is 19.1. The first kappa shape index (κ1) is 30.9. The number of allylic oxidation sites excluding steroid dienone is 1. The van der Waals surface area contributed by atoms with Gasteiger partial charge < -0.3 is 10.2 Å². The molecular formula is C40H44FN3O. The summed E-state index contributed by atoms with van der Waals surface area (Å²) < 4.78 is 14.7. The van der Waals surface area contributed by atoms with Crippen molar-refractivity contribution in [1.82, 2.24) is 15.1 Å². The smallest absolute Gasteiger partial charge is 0.251 e. The topological polar surface area (TPSA) is 35.6 Å². The number of nitrogens with zero attached hydrogens (tertiary/aromatic N) is 2. The Labute approximate surface area is 267 Å². The van der Waals surface area contributed by atoms with Crippen molar-refractivity contribution in [3.8, 4) is 0 Å². The Hall–Kier alpha value is -4.06. The molecule has 2 aliphatic rings. The molecule has 0 spiro atoms. The largest absolute Gasteiger partial charge is 0.350 e. The maximum atomic E-state index is 14.7. The summed E-state index contributed by atoms with van der Waals surface area (Å²) in [5, 5.41) is 3.10. The molecule has 1 N–H and O–H groups in total. The van der Waals surface area contributed by atoms with Crippen LogP contribution in [0, 0.1) is 11.7 Å². The van der Waals surface area contributed by atoms with Crippen LogP contribution in [-0.2, 0) is 0 Å². The van der Waals surface area contributed by atoms with Gasteiger partial charge in [-0.05, 0) is 92.7 Å². The van der Waals surface area contributed by atoms with Gasteiger partial charge in [0.1, 0.15) is 5.82 Å². The minimum atomic E-state index is -0.214. The third-order valence-electron chi connectivity index (χ3n) is 9.49. The van der Waals surface area contributed by atoms with Gasteiger partial charge in [-0.25, -0.2) is 4.39 Å². The van der Waals surface area contributed by atoms with E-state index in [2.05, 4.69) is 94.0 Å². The molecule has 4 nitrogen and oxygen atoms in total. The van der Waals surface area contributed by atoms with Gasteiger partial charge in [0, 0.05) is 30.1 Å². The van der Waals surface area contributed by atoms with Crippen LogP contribution in [0.4, 0.5) is 4.39 Å². The number of hydrogen-bond acceptors (Lipinski definition) is 3. The molecule has 45 heavy (non-hydrogen) atoms. The van der Waals surface area contributed by atoms with Crippen LogP contribution in [0.25, 0.3) is 6.08 Å². The second-order valence-corrected chi connectivity index (χ2v) is 12.5. The molecular weight excluding hydrogens is 557 g/mol. The molecule has 5 heteroatoms. The fourth-order valence-corrected chi connectivity index (χ4v) is 6.92. The summed E-state index contributed by atoms with van der Waals surface area (Å²) in [4.78, 5) is 18.1. The van der Waals surface area contributed by atoms with E-state index in [-0.39, 0.29) is 17.8 Å². The van der Waals surface area contributed by atoms with Gasteiger partial charge >= 0.3 is 0 Å². The van der Waals surface area contributed by atoms with Gasteiger partial charge in [0.05, 0.1) is 6.04 Å². The number of piperidine rings is 1. The van der Waals surface area contributed by atoms with E-state index >= 15 is 0 Å². The highest BCUT2D eigenvalue weighted by Crippen LogP contribution is 2.29. The predicted molar refractivity (Wildman–Crippen MR) is 182 cm³/mol. The lowest BCUT2D eigenvalue weighted by Gasteiger charge is -2.33. The molecule has 1 amide bonds. The SMILES string of the molecule is O=C(NCC(c1ccccc1F)N1CCCC1)c1cccc(/C=C/C2CCN(CC(c3ccccc3)c3ccccc3)CC2)c1. The van der Waals surface area contributed by atoms with Gasteiger partial charge in [-0.2, -0.15) is 0 Å². The van der Waals surface area contributed by atoms with Crippen LogP contribution < -0.4 is 5.32 Å². The van der Waals surface area contributed by atoms with Gasteiger partial charge in [0.2, 0.25) is 0 Å². The number of halogens is 1. The van der Waals surface area contributed by atoms with Crippen molar-refractivity contribution in [1.29, 1.82) is 0 Å². The first-order chi connectivity index (χ1) is 22.1. The summed E-state index contributed by atoms with van der Waals surface area (Å²) in [6, 6.07) is 36.3. The molecule has 4 aromatic carbocycles. The second-order valence-electron chi connectivity index (χ2n) is 12.5. The van der Waals surface area contributed by atoms with Crippen molar-refractivity contribution in [3.05, 3.63) is 149 Å². The Kier molecular flexibility index (Phi) is 10.5. The van der Waals surface area contributed by atoms with Crippen LogP contribution in [0.15, 0.2) is 115 Å². The van der Waals surface area contributed by atoms with Crippen molar-refractivity contribution in [2.45, 2.75) is 37.6 Å². The number of nitrogens with one attached hydrogen (secondary N) is 1. The number of amides is 1. The Morgan fingerprint density at radius 2 is 1.44 bits per heavy atom. The van der Waals surface area contributed by atoms with Crippen molar-refractivity contribution in [2.24, 2.45) is 5.92 Å². The predicted octanol–water partition coefficient (Wildman–Crippen LogP) is 7.95. The van der Waals surface area contributed by atoms with Crippen LogP contribution >= 0.6 is 0 Å². The van der Waals surface area contributed by atoms with Crippen molar-refractivity contribution in [2.75, 3.05) is 39.3 Å². The van der Waals surface area contributed by atoms with Crippen molar-refractivity contribution in [3.63, 3.8) is 0 Å². The molecule has 0 aromatic heterocycles. The van der Waals surface area contributed by atoms with E-state index in [4.69, 9.17) is 0 Å². The average Bonchev–Trinajstić information content (AvgIpc) is 3.63. The van der Waals surface area contributed by atoms with E-state index in [1.165, 1.54) is 17.2 Å². The first-order valence-electron chi connectivity index (χ1n) is 16.5. The van der Waals surface area contributed by atoms with E-state index in [1.807, 2.05) is 30.3 Å². The van der Waals surface area contributed by atoms with E-state index < -0.39 is 0 Å². The molecule has 6 rings (SSSR count). The molecule has 0 saturated carbocycles. The molecule has 2 heterocycles. The first-order valence-corrected chi connectivity index (χ1v) is 16.5. The van der Waals surface area contributed by atoms with Gasteiger partial charge in [0.15, 0.2) is 0 Å². The molecule has 1 atom stereocenters. The van der Waals surface area contributed by atoms with Gasteiger partial charge in [-0.15, -0.1) is 0 Å². The molecule has 2 saturated heterocycles. The van der Waals surface area contributed by atoms with Crippen LogP contribution in [0.3, 0.4) is 0 Å². The van der Waals surface area contributed by atoms with Crippen LogP contribution in [0.1, 0.15) is 70.3 Å². The summed E-state index contributed by atoms with van der Waals surface area (Å²) in [6.07, 6.45) is 8.95. The van der Waals surface area contributed by atoms with Gasteiger partial charge in [0.25, 0.3) is 5.91 Å². The molecule has 0 bridgehead atoms. The molecule has 1 unspecified atom stereocenters. The lowest BCUT2D eigenvalue weighted by atomic mass is 9.89. The fourth-order valence-electron chi connectivity index (χ4n) is 6.92. The molecule has 0 radical (unpaired) electrons. The average molecular weight is 602 g/mol.